The summed E-state index contributed by atoms with van der Waals surface area (Å²) in [6.45, 7) is 4.27. The van der Waals surface area contributed by atoms with Gasteiger partial charge in [0.05, 0.1) is 12.2 Å². The first kappa shape index (κ1) is 17.5. The molecule has 0 aliphatic heterocycles. The fraction of sp³-hybridized carbons (Fsp3) is 0.409. The Kier molecular flexibility index (Phi) is 5.75. The van der Waals surface area contributed by atoms with Gasteiger partial charge in [-0.2, -0.15) is 0 Å². The maximum atomic E-state index is 11.7. The van der Waals surface area contributed by atoms with Crippen molar-refractivity contribution in [1.82, 2.24) is 0 Å². The number of carbonyl (C=O) groups is 1. The minimum absolute atomic E-state index is 0.304. The molecule has 0 radical (unpaired) electrons. The van der Waals surface area contributed by atoms with Gasteiger partial charge in [-0.15, -0.1) is 0 Å². The van der Waals surface area contributed by atoms with Crippen molar-refractivity contribution in [2.24, 2.45) is 0 Å². The highest BCUT2D eigenvalue weighted by Crippen LogP contribution is 2.35. The summed E-state index contributed by atoms with van der Waals surface area (Å²) in [6.07, 6.45) is 6.66. The molecule has 0 saturated heterocycles. The normalized spacial score (nSPS) is 15.0. The second-order valence-corrected chi connectivity index (χ2v) is 6.71. The number of ether oxygens (including phenoxy) is 2. The van der Waals surface area contributed by atoms with Crippen LogP contribution in [0.4, 0.5) is 0 Å². The van der Waals surface area contributed by atoms with Gasteiger partial charge in [0, 0.05) is 0 Å². The lowest BCUT2D eigenvalue weighted by Crippen LogP contribution is -2.05. The summed E-state index contributed by atoms with van der Waals surface area (Å²) in [5.74, 6) is 1.98. The number of benzene rings is 2. The Hall–Kier alpha value is -2.29. The fourth-order valence-electron chi connectivity index (χ4n) is 3.48. The molecule has 3 heteroatoms. The van der Waals surface area contributed by atoms with E-state index in [0.29, 0.717) is 18.1 Å². The molecule has 0 bridgehead atoms. The van der Waals surface area contributed by atoms with E-state index in [9.17, 15) is 4.79 Å². The smallest absolute Gasteiger partial charge is 0.338 e. The second-order valence-electron chi connectivity index (χ2n) is 6.71. The molecule has 2 aromatic carbocycles. The van der Waals surface area contributed by atoms with Crippen LogP contribution in [-0.2, 0) is 4.74 Å². The van der Waals surface area contributed by atoms with Gasteiger partial charge < -0.3 is 9.47 Å². The van der Waals surface area contributed by atoms with Crippen molar-refractivity contribution in [1.29, 1.82) is 0 Å². The van der Waals surface area contributed by atoms with Gasteiger partial charge in [-0.05, 0) is 74.1 Å². The van der Waals surface area contributed by atoms with Crippen LogP contribution in [0.25, 0.3) is 0 Å². The Morgan fingerprint density at radius 1 is 1.04 bits per heavy atom. The lowest BCUT2D eigenvalue weighted by molar-refractivity contribution is 0.0526. The molecule has 25 heavy (non-hydrogen) atoms. The molecule has 1 aliphatic rings. The summed E-state index contributed by atoms with van der Waals surface area (Å²) >= 11 is 0. The summed E-state index contributed by atoms with van der Waals surface area (Å²) < 4.78 is 11.0. The summed E-state index contributed by atoms with van der Waals surface area (Å²) in [7, 11) is 0. The average molecular weight is 338 g/mol. The summed E-state index contributed by atoms with van der Waals surface area (Å²) in [6, 6.07) is 13.6. The van der Waals surface area contributed by atoms with E-state index in [1.54, 1.807) is 31.2 Å². The Morgan fingerprint density at radius 2 is 1.76 bits per heavy atom. The Balaban J connectivity index is 1.69. The molecule has 0 unspecified atom stereocenters. The highest BCUT2D eigenvalue weighted by Gasteiger charge is 2.16. The molecule has 3 rings (SSSR count). The van der Waals surface area contributed by atoms with Crippen LogP contribution in [0.1, 0.15) is 66.4 Å². The molecule has 2 aromatic rings. The molecule has 0 atom stereocenters. The van der Waals surface area contributed by atoms with Crippen LogP contribution >= 0.6 is 0 Å². The van der Waals surface area contributed by atoms with Gasteiger partial charge in [-0.1, -0.05) is 31.4 Å². The maximum Gasteiger partial charge on any atom is 0.338 e. The van der Waals surface area contributed by atoms with E-state index in [0.717, 1.165) is 17.1 Å². The van der Waals surface area contributed by atoms with Crippen LogP contribution in [0.2, 0.25) is 0 Å². The molecule has 0 heterocycles. The van der Waals surface area contributed by atoms with E-state index < -0.39 is 0 Å². The van der Waals surface area contributed by atoms with Crippen molar-refractivity contribution in [2.75, 3.05) is 6.61 Å². The van der Waals surface area contributed by atoms with E-state index in [2.05, 4.69) is 25.1 Å². The largest absolute Gasteiger partial charge is 0.462 e. The Morgan fingerprint density at radius 3 is 2.40 bits per heavy atom. The Labute approximate surface area is 150 Å². The van der Waals surface area contributed by atoms with E-state index in [4.69, 9.17) is 9.47 Å². The van der Waals surface area contributed by atoms with Gasteiger partial charge in [0.2, 0.25) is 0 Å². The molecule has 0 aromatic heterocycles. The molecule has 0 spiro atoms. The van der Waals surface area contributed by atoms with Gasteiger partial charge in [0.25, 0.3) is 0 Å². The van der Waals surface area contributed by atoms with Gasteiger partial charge >= 0.3 is 5.97 Å². The van der Waals surface area contributed by atoms with Gasteiger partial charge in [0.15, 0.2) is 0 Å². The number of hydrogen-bond donors (Lipinski definition) is 0. The summed E-state index contributed by atoms with van der Waals surface area (Å²) in [5, 5.41) is 0. The standard InChI is InChI=1S/C22H26O3/c1-3-24-22(23)18-9-12-20(13-10-18)25-21-14-11-19(15-16(21)2)17-7-5-4-6-8-17/h9-15,17H,3-8H2,1-2H3. The lowest BCUT2D eigenvalue weighted by atomic mass is 9.83. The minimum atomic E-state index is -0.304. The minimum Gasteiger partial charge on any atom is -0.462 e. The number of hydrogen-bond acceptors (Lipinski definition) is 3. The van der Waals surface area contributed by atoms with E-state index >= 15 is 0 Å². The third-order valence-electron chi connectivity index (χ3n) is 4.87. The molecule has 1 fully saturated rings. The summed E-state index contributed by atoms with van der Waals surface area (Å²) in [5.41, 5.74) is 3.12. The zero-order valence-electron chi connectivity index (χ0n) is 15.1. The molecule has 0 amide bonds. The van der Waals surface area contributed by atoms with Crippen LogP contribution in [0.15, 0.2) is 42.5 Å². The van der Waals surface area contributed by atoms with Crippen molar-refractivity contribution in [3.63, 3.8) is 0 Å². The SMILES string of the molecule is CCOC(=O)c1ccc(Oc2ccc(C3CCCCC3)cc2C)cc1. The molecular formula is C22H26O3. The first-order chi connectivity index (χ1) is 12.2. The number of rotatable bonds is 5. The predicted molar refractivity (Wildman–Crippen MR) is 99.5 cm³/mol. The molecule has 3 nitrogen and oxygen atoms in total. The topological polar surface area (TPSA) is 35.5 Å². The highest BCUT2D eigenvalue weighted by atomic mass is 16.5. The molecule has 1 aliphatic carbocycles. The highest BCUT2D eigenvalue weighted by molar-refractivity contribution is 5.89. The first-order valence-corrected chi connectivity index (χ1v) is 9.23. The van der Waals surface area contributed by atoms with Crippen molar-refractivity contribution in [3.8, 4) is 11.5 Å². The molecule has 1 saturated carbocycles. The first-order valence-electron chi connectivity index (χ1n) is 9.23. The third-order valence-corrected chi connectivity index (χ3v) is 4.87. The van der Waals surface area contributed by atoms with Crippen molar-refractivity contribution < 1.29 is 14.3 Å². The van der Waals surface area contributed by atoms with Crippen LogP contribution in [0.3, 0.4) is 0 Å². The quantitative estimate of drug-likeness (QED) is 0.626. The zero-order valence-corrected chi connectivity index (χ0v) is 15.1. The van der Waals surface area contributed by atoms with Gasteiger partial charge in [0.1, 0.15) is 11.5 Å². The second kappa shape index (κ2) is 8.19. The van der Waals surface area contributed by atoms with Gasteiger partial charge in [-0.25, -0.2) is 4.79 Å². The van der Waals surface area contributed by atoms with E-state index in [-0.39, 0.29) is 5.97 Å². The van der Waals surface area contributed by atoms with Crippen LogP contribution in [0, 0.1) is 6.92 Å². The van der Waals surface area contributed by atoms with E-state index in [1.807, 2.05) is 0 Å². The van der Waals surface area contributed by atoms with E-state index in [1.165, 1.54) is 37.7 Å². The molecule has 0 N–H and O–H groups in total. The van der Waals surface area contributed by atoms with Crippen molar-refractivity contribution >= 4 is 5.97 Å². The Bertz CT molecular complexity index is 713. The average Bonchev–Trinajstić information content (AvgIpc) is 2.65. The van der Waals surface area contributed by atoms with Crippen LogP contribution in [0.5, 0.6) is 11.5 Å². The number of aryl methyl sites for hydroxylation is 1. The fourth-order valence-corrected chi connectivity index (χ4v) is 3.48. The van der Waals surface area contributed by atoms with Crippen molar-refractivity contribution in [2.45, 2.75) is 51.9 Å². The molecule has 132 valence electrons. The van der Waals surface area contributed by atoms with Crippen molar-refractivity contribution in [3.05, 3.63) is 59.2 Å². The maximum absolute atomic E-state index is 11.7. The monoisotopic (exact) mass is 338 g/mol. The lowest BCUT2D eigenvalue weighted by Gasteiger charge is -2.22. The third kappa shape index (κ3) is 4.41. The molecular weight excluding hydrogens is 312 g/mol. The number of carbonyl (C=O) groups excluding carboxylic acids is 1. The van der Waals surface area contributed by atoms with Crippen LogP contribution in [-0.4, -0.2) is 12.6 Å². The zero-order chi connectivity index (χ0) is 17.6. The van der Waals surface area contributed by atoms with Crippen LogP contribution < -0.4 is 4.74 Å². The summed E-state index contributed by atoms with van der Waals surface area (Å²) in [4.78, 5) is 11.7. The van der Waals surface area contributed by atoms with Gasteiger partial charge in [-0.3, -0.25) is 0 Å². The number of esters is 1. The predicted octanol–water partition coefficient (Wildman–Crippen LogP) is 6.01.